The molecule has 2 saturated carbocycles. The third-order valence-electron chi connectivity index (χ3n) is 11.5. The van der Waals surface area contributed by atoms with Crippen molar-refractivity contribution >= 4 is 51.2 Å². The number of hydrogen-bond acceptors (Lipinski definition) is 13. The average molecular weight is 898 g/mol. The minimum atomic E-state index is -3.58. The molecule has 62 heavy (non-hydrogen) atoms. The van der Waals surface area contributed by atoms with Crippen molar-refractivity contribution in [1.29, 1.82) is 0 Å². The number of nitrogens with zero attached hydrogens (tertiary/aromatic N) is 2. The van der Waals surface area contributed by atoms with Crippen molar-refractivity contribution in [2.75, 3.05) is 18.8 Å². The summed E-state index contributed by atoms with van der Waals surface area (Å²) in [6.45, 7) is 24.9. The van der Waals surface area contributed by atoms with Gasteiger partial charge < -0.3 is 39.9 Å². The van der Waals surface area contributed by atoms with E-state index in [1.807, 2.05) is 41.5 Å². The summed E-state index contributed by atoms with van der Waals surface area (Å²) in [5.41, 5.74) is -3.97. The number of esters is 2. The molecule has 18 heteroatoms. The maximum absolute atomic E-state index is 13.7. The van der Waals surface area contributed by atoms with E-state index in [0.29, 0.717) is 12.8 Å². The van der Waals surface area contributed by atoms with Crippen molar-refractivity contribution in [3.63, 3.8) is 0 Å². The highest BCUT2D eigenvalue weighted by atomic mass is 32.2. The second-order valence-electron chi connectivity index (χ2n) is 21.5. The highest BCUT2D eigenvalue weighted by molar-refractivity contribution is 7.93. The van der Waals surface area contributed by atoms with E-state index >= 15 is 0 Å². The van der Waals surface area contributed by atoms with Gasteiger partial charge in [-0.25, -0.2) is 13.2 Å². The standard InChI is InChI=1S/C27H42N2O8S.C17H29NO6/c1-8-16-13-27(16,21(31)15-38(35,36)18-9-10-18)28-23(33)20-11-17(30)14-29(20)24(34)19(25(2,3)4)12-22(32)37-26(5,6)7;1-16(2,3)11(8-13(20)24-17(4,5)6)14(21)18-9-10(19)7-12(18)15(22)23/h8,16-20,30H,1,9-15H2,2-7H3,(H,28,33);10-12,19H,7-9H2,1-6H3,(H,22,23)/t16-,17-,19-,20+,27-;10-,11-,12+/m11/s1. The number of Topliss-reactive ketones (excluding diaryl/α,β-unsaturated/α-hetero) is 1. The molecule has 2 aliphatic carbocycles. The number of ether oxygens (including phenoxy) is 2. The van der Waals surface area contributed by atoms with Crippen LogP contribution in [-0.2, 0) is 52.9 Å². The highest BCUT2D eigenvalue weighted by Gasteiger charge is 2.61. The number of carbonyl (C=O) groups excluding carboxylic acids is 6. The molecule has 4 N–H and O–H groups in total. The monoisotopic (exact) mass is 897 g/mol. The molecule has 0 aromatic heterocycles. The number of carboxylic acid groups (broad SMARTS) is 1. The molecule has 8 atom stereocenters. The predicted octanol–water partition coefficient (Wildman–Crippen LogP) is 2.98. The van der Waals surface area contributed by atoms with Crippen molar-refractivity contribution < 1.29 is 66.8 Å². The quantitative estimate of drug-likeness (QED) is 0.145. The third-order valence-corrected chi connectivity index (χ3v) is 13.6. The Morgan fingerprint density at radius 2 is 1.15 bits per heavy atom. The molecule has 0 aromatic rings. The molecule has 0 spiro atoms. The summed E-state index contributed by atoms with van der Waals surface area (Å²) in [6, 6.07) is -2.13. The number of sulfone groups is 1. The summed E-state index contributed by atoms with van der Waals surface area (Å²) in [5.74, 6) is -6.92. The summed E-state index contributed by atoms with van der Waals surface area (Å²) in [7, 11) is -3.58. The molecule has 2 saturated heterocycles. The van der Waals surface area contributed by atoms with E-state index in [1.54, 1.807) is 41.5 Å². The first-order chi connectivity index (χ1) is 28.0. The van der Waals surface area contributed by atoms with Gasteiger partial charge in [-0.15, -0.1) is 6.58 Å². The van der Waals surface area contributed by atoms with Crippen LogP contribution in [0.4, 0.5) is 0 Å². The van der Waals surface area contributed by atoms with Crippen LogP contribution < -0.4 is 5.32 Å². The normalized spacial score (nSPS) is 26.3. The number of carbonyl (C=O) groups is 7. The smallest absolute Gasteiger partial charge is 0.326 e. The Kier molecular flexibility index (Phi) is 16.1. The van der Waals surface area contributed by atoms with Gasteiger partial charge in [0.15, 0.2) is 15.6 Å². The van der Waals surface area contributed by atoms with Crippen LogP contribution in [0.2, 0.25) is 0 Å². The van der Waals surface area contributed by atoms with E-state index in [-0.39, 0.29) is 45.2 Å². The van der Waals surface area contributed by atoms with Gasteiger partial charge in [0, 0.05) is 31.8 Å². The highest BCUT2D eigenvalue weighted by Crippen LogP contribution is 2.46. The van der Waals surface area contributed by atoms with Gasteiger partial charge in [0.25, 0.3) is 0 Å². The number of aliphatic carboxylic acids is 1. The molecule has 0 radical (unpaired) electrons. The van der Waals surface area contributed by atoms with Gasteiger partial charge in [-0.1, -0.05) is 47.6 Å². The fourth-order valence-electron chi connectivity index (χ4n) is 7.89. The number of rotatable bonds is 14. The average Bonchev–Trinajstić information content (AvgIpc) is 3.99. The molecule has 4 fully saturated rings. The maximum Gasteiger partial charge on any atom is 0.326 e. The minimum Gasteiger partial charge on any atom is -0.480 e. The summed E-state index contributed by atoms with van der Waals surface area (Å²) in [4.78, 5) is 91.8. The predicted molar refractivity (Wildman–Crippen MR) is 228 cm³/mol. The van der Waals surface area contributed by atoms with Crippen molar-refractivity contribution in [3.8, 4) is 0 Å². The van der Waals surface area contributed by atoms with E-state index < -0.39 is 132 Å². The fourth-order valence-corrected chi connectivity index (χ4v) is 9.60. The number of ketones is 1. The Morgan fingerprint density at radius 1 is 0.742 bits per heavy atom. The van der Waals surface area contributed by atoms with Crippen LogP contribution in [0.25, 0.3) is 0 Å². The first kappa shape index (κ1) is 52.4. The van der Waals surface area contributed by atoms with Crippen molar-refractivity contribution in [2.24, 2.45) is 28.6 Å². The number of amides is 3. The van der Waals surface area contributed by atoms with Gasteiger partial charge in [-0.05, 0) is 71.6 Å². The molecule has 0 aromatic carbocycles. The Bertz CT molecular complexity index is 1850. The van der Waals surface area contributed by atoms with Gasteiger partial charge in [0.1, 0.15) is 34.6 Å². The van der Waals surface area contributed by atoms with Crippen LogP contribution in [0, 0.1) is 28.6 Å². The van der Waals surface area contributed by atoms with E-state index in [4.69, 9.17) is 9.47 Å². The number of carboxylic acids is 1. The van der Waals surface area contributed by atoms with Crippen molar-refractivity contribution in [2.45, 2.75) is 174 Å². The van der Waals surface area contributed by atoms with Crippen LogP contribution in [0.15, 0.2) is 12.7 Å². The van der Waals surface area contributed by atoms with E-state index in [2.05, 4.69) is 11.9 Å². The summed E-state index contributed by atoms with van der Waals surface area (Å²) < 4.78 is 35.6. The number of hydrogen-bond donors (Lipinski definition) is 4. The van der Waals surface area contributed by atoms with Crippen LogP contribution in [0.5, 0.6) is 0 Å². The van der Waals surface area contributed by atoms with Crippen molar-refractivity contribution in [1.82, 2.24) is 15.1 Å². The molecule has 352 valence electrons. The molecule has 2 aliphatic heterocycles. The molecule has 17 nitrogen and oxygen atoms in total. The Hall–Kier alpha value is -3.90. The summed E-state index contributed by atoms with van der Waals surface area (Å²) in [6.07, 6.45) is 0.640. The van der Waals surface area contributed by atoms with E-state index in [9.17, 15) is 57.3 Å². The zero-order valence-corrected chi connectivity index (χ0v) is 39.4. The molecule has 4 rings (SSSR count). The Labute approximate surface area is 366 Å². The Morgan fingerprint density at radius 3 is 1.48 bits per heavy atom. The first-order valence-electron chi connectivity index (χ1n) is 21.4. The van der Waals surface area contributed by atoms with Gasteiger partial charge >= 0.3 is 17.9 Å². The van der Waals surface area contributed by atoms with Gasteiger partial charge in [0.2, 0.25) is 17.7 Å². The lowest BCUT2D eigenvalue weighted by Gasteiger charge is -2.35. The fraction of sp³-hybridized carbons (Fsp3) is 0.795. The Balaban J connectivity index is 0.000000368. The molecule has 0 unspecified atom stereocenters. The van der Waals surface area contributed by atoms with Gasteiger partial charge in [-0.2, -0.15) is 0 Å². The maximum atomic E-state index is 13.7. The lowest BCUT2D eigenvalue weighted by atomic mass is 9.77. The molecule has 4 aliphatic rings. The molecular formula is C44H71N3O14S. The SMILES string of the molecule is C=C[C@@H]1C[C@]1(NC(=O)[C@@H]1C[C@@H](O)CN1C(=O)[C@@H](CC(=O)OC(C)(C)C)C(C)(C)C)C(=O)CS(=O)(=O)C1CC1.CC(C)(C)OC(=O)C[C@H](C(=O)N1C[C@H](O)C[C@H]1C(=O)O)C(C)(C)C. The first-order valence-corrected chi connectivity index (χ1v) is 23.1. The molecule has 3 amide bonds. The van der Waals surface area contributed by atoms with Gasteiger partial charge in [0.05, 0.1) is 42.1 Å². The van der Waals surface area contributed by atoms with E-state index in [1.165, 1.54) is 15.9 Å². The molecule has 2 heterocycles. The third kappa shape index (κ3) is 14.1. The summed E-state index contributed by atoms with van der Waals surface area (Å²) >= 11 is 0. The van der Waals surface area contributed by atoms with E-state index in [0.717, 1.165) is 0 Å². The van der Waals surface area contributed by atoms with Crippen LogP contribution in [0.3, 0.4) is 0 Å². The molecule has 0 bridgehead atoms. The summed E-state index contributed by atoms with van der Waals surface area (Å²) in [5, 5.41) is 31.6. The second-order valence-corrected chi connectivity index (χ2v) is 23.8. The number of aliphatic hydroxyl groups is 2. The van der Waals surface area contributed by atoms with Crippen LogP contribution in [-0.4, -0.2) is 140 Å². The van der Waals surface area contributed by atoms with Gasteiger partial charge in [-0.3, -0.25) is 28.8 Å². The zero-order chi connectivity index (χ0) is 47.7. The second kappa shape index (κ2) is 19.1. The topological polar surface area (TPSA) is 251 Å². The van der Waals surface area contributed by atoms with Crippen LogP contribution >= 0.6 is 0 Å². The van der Waals surface area contributed by atoms with Crippen LogP contribution in [0.1, 0.15) is 128 Å². The van der Waals surface area contributed by atoms with Crippen molar-refractivity contribution in [3.05, 3.63) is 12.7 Å². The number of β-amino-alcohol motifs (C(OH)–C–C–N with tert-alkyl or cyclic N) is 2. The minimum absolute atomic E-state index is 0.00434. The lowest BCUT2D eigenvalue weighted by Crippen LogP contribution is -2.55. The number of nitrogens with one attached hydrogen (secondary N) is 1. The largest absolute Gasteiger partial charge is 0.480 e. The number of likely N-dealkylation sites (tertiary alicyclic amines) is 2. The molecular weight excluding hydrogens is 827 g/mol. The lowest BCUT2D eigenvalue weighted by molar-refractivity contribution is -0.162. The zero-order valence-electron chi connectivity index (χ0n) is 38.6. The number of aliphatic hydroxyl groups excluding tert-OH is 2.